The second-order valence-electron chi connectivity index (χ2n) is 7.33. The summed E-state index contributed by atoms with van der Waals surface area (Å²) in [5.41, 5.74) is 5.46. The number of hydrogen-bond acceptors (Lipinski definition) is 3. The van der Waals surface area contributed by atoms with Crippen molar-refractivity contribution in [2.24, 2.45) is 4.99 Å². The van der Waals surface area contributed by atoms with E-state index < -0.39 is 0 Å². The molecule has 162 valence electrons. The fourth-order valence-electron chi connectivity index (χ4n) is 3.40. The van der Waals surface area contributed by atoms with Gasteiger partial charge < -0.3 is 0 Å². The van der Waals surface area contributed by atoms with Crippen LogP contribution in [0.15, 0.2) is 114 Å². The van der Waals surface area contributed by atoms with Gasteiger partial charge in [0.1, 0.15) is 0 Å². The number of thioether (sulfide) groups is 1. The molecule has 4 rings (SSSR count). The highest BCUT2D eigenvalue weighted by molar-refractivity contribution is 14.1. The molecule has 0 aliphatic carbocycles. The number of para-hydroxylation sites is 1. The van der Waals surface area contributed by atoms with Crippen molar-refractivity contribution in [1.82, 2.24) is 0 Å². The number of hydrogen-bond donors (Lipinski definition) is 0. The summed E-state index contributed by atoms with van der Waals surface area (Å²) in [4.78, 5) is 17.6. The van der Waals surface area contributed by atoms with Gasteiger partial charge in [-0.05, 0) is 69.8 Å². The molecule has 0 N–H and O–H groups in total. The number of carbonyl (C=O) groups excluding carboxylic acids is 1. The van der Waals surface area contributed by atoms with E-state index in [4.69, 9.17) is 0 Å². The van der Waals surface area contributed by atoms with Crippen molar-refractivity contribution in [1.29, 1.82) is 0 Å². The second kappa shape index (κ2) is 11.8. The first-order chi connectivity index (χ1) is 16.2. The van der Waals surface area contributed by atoms with Gasteiger partial charge in [-0.2, -0.15) is 0 Å². The fourth-order valence-corrected chi connectivity index (χ4v) is 4.89. The molecule has 0 aromatic heterocycles. The highest BCUT2D eigenvalue weighted by atomic mass is 127. The predicted molar refractivity (Wildman–Crippen MR) is 149 cm³/mol. The molecule has 0 aliphatic heterocycles. The SMILES string of the molecule is O=C(SCCc1ccccc1I)c1ccccc1N=C=C(c1ccccc1)c1ccccc1. The van der Waals surface area contributed by atoms with Crippen molar-refractivity contribution in [3.8, 4) is 0 Å². The van der Waals surface area contributed by atoms with Crippen LogP contribution >= 0.6 is 34.4 Å². The third-order valence-electron chi connectivity index (χ3n) is 5.10. The first kappa shape index (κ1) is 23.2. The summed E-state index contributed by atoms with van der Waals surface area (Å²) >= 11 is 3.68. The van der Waals surface area contributed by atoms with Crippen LogP contribution in [0, 0.1) is 3.57 Å². The lowest BCUT2D eigenvalue weighted by atomic mass is 9.99. The molecule has 0 saturated carbocycles. The van der Waals surface area contributed by atoms with Crippen molar-refractivity contribution < 1.29 is 4.79 Å². The number of halogens is 1. The van der Waals surface area contributed by atoms with Gasteiger partial charge in [0.05, 0.1) is 16.8 Å². The zero-order valence-corrected chi connectivity index (χ0v) is 20.9. The smallest absolute Gasteiger partial charge is 0.221 e. The van der Waals surface area contributed by atoms with Crippen LogP contribution in [0.4, 0.5) is 5.69 Å². The van der Waals surface area contributed by atoms with Gasteiger partial charge in [0.15, 0.2) is 0 Å². The molecule has 4 heteroatoms. The molecule has 4 aromatic rings. The van der Waals surface area contributed by atoms with Crippen molar-refractivity contribution in [2.75, 3.05) is 5.75 Å². The minimum Gasteiger partial charge on any atom is -0.281 e. The third kappa shape index (κ3) is 6.32. The lowest BCUT2D eigenvalue weighted by molar-refractivity contribution is 0.108. The Morgan fingerprint density at radius 1 is 0.758 bits per heavy atom. The van der Waals surface area contributed by atoms with Gasteiger partial charge in [-0.1, -0.05) is 103 Å². The van der Waals surface area contributed by atoms with E-state index in [1.807, 2.05) is 97.1 Å². The van der Waals surface area contributed by atoms with E-state index in [9.17, 15) is 4.79 Å². The van der Waals surface area contributed by atoms with Crippen LogP contribution in [0.3, 0.4) is 0 Å². The number of aryl methyl sites for hydroxylation is 1. The highest BCUT2D eigenvalue weighted by Crippen LogP contribution is 2.26. The summed E-state index contributed by atoms with van der Waals surface area (Å²) in [5, 5.41) is 0.0306. The maximum atomic E-state index is 13.0. The largest absolute Gasteiger partial charge is 0.281 e. The minimum absolute atomic E-state index is 0.0306. The number of rotatable bonds is 7. The van der Waals surface area contributed by atoms with E-state index in [1.165, 1.54) is 20.9 Å². The summed E-state index contributed by atoms with van der Waals surface area (Å²) in [6.07, 6.45) is 0.854. The molecule has 0 heterocycles. The van der Waals surface area contributed by atoms with Gasteiger partial charge >= 0.3 is 0 Å². The van der Waals surface area contributed by atoms with Crippen molar-refractivity contribution >= 4 is 56.6 Å². The van der Waals surface area contributed by atoms with Gasteiger partial charge in [-0.25, -0.2) is 4.99 Å². The van der Waals surface area contributed by atoms with E-state index in [-0.39, 0.29) is 5.12 Å². The number of nitrogens with zero attached hydrogens (tertiary/aromatic N) is 1. The van der Waals surface area contributed by atoms with Crippen LogP contribution in [-0.2, 0) is 6.42 Å². The summed E-state index contributed by atoms with van der Waals surface area (Å²) in [6, 6.07) is 35.9. The van der Waals surface area contributed by atoms with Crippen molar-refractivity contribution in [3.05, 3.63) is 135 Å². The van der Waals surface area contributed by atoms with Crippen LogP contribution in [0.5, 0.6) is 0 Å². The third-order valence-corrected chi connectivity index (χ3v) is 7.04. The molecule has 2 nitrogen and oxygen atoms in total. The van der Waals surface area contributed by atoms with Crippen LogP contribution < -0.4 is 0 Å². The summed E-state index contributed by atoms with van der Waals surface area (Å²) in [5.74, 6) is 3.96. The Labute approximate surface area is 212 Å². The fraction of sp³-hybridized carbons (Fsp3) is 0.0690. The zero-order chi connectivity index (χ0) is 22.9. The van der Waals surface area contributed by atoms with Gasteiger partial charge in [0, 0.05) is 9.32 Å². The van der Waals surface area contributed by atoms with E-state index >= 15 is 0 Å². The average molecular weight is 559 g/mol. The standard InChI is InChI=1S/C29H22INOS/c30-27-17-9-7-15-24(27)19-20-33-29(32)25-16-8-10-18-28(25)31-21-26(22-11-3-1-4-12-22)23-13-5-2-6-14-23/h1-18H,19-20H2. The van der Waals surface area contributed by atoms with E-state index in [0.29, 0.717) is 11.3 Å². The summed E-state index contributed by atoms with van der Waals surface area (Å²) < 4.78 is 1.23. The van der Waals surface area contributed by atoms with E-state index in [2.05, 4.69) is 45.6 Å². The molecule has 0 aliphatic rings. The van der Waals surface area contributed by atoms with Gasteiger partial charge in [-0.3, -0.25) is 4.79 Å². The maximum absolute atomic E-state index is 13.0. The maximum Gasteiger partial charge on any atom is 0.221 e. The lowest BCUT2D eigenvalue weighted by Crippen LogP contribution is -1.99. The molecule has 33 heavy (non-hydrogen) atoms. The molecule has 0 unspecified atom stereocenters. The van der Waals surface area contributed by atoms with Gasteiger partial charge in [-0.15, -0.1) is 0 Å². The average Bonchev–Trinajstić information content (AvgIpc) is 2.87. The van der Waals surface area contributed by atoms with Crippen LogP contribution in [0.2, 0.25) is 0 Å². The Kier molecular flexibility index (Phi) is 8.31. The van der Waals surface area contributed by atoms with Crippen LogP contribution in [0.25, 0.3) is 5.57 Å². The first-order valence-corrected chi connectivity index (χ1v) is 12.7. The van der Waals surface area contributed by atoms with Crippen LogP contribution in [-0.4, -0.2) is 16.7 Å². The molecule has 0 amide bonds. The molecule has 0 saturated heterocycles. The Morgan fingerprint density at radius 3 is 2.00 bits per heavy atom. The Morgan fingerprint density at radius 2 is 1.33 bits per heavy atom. The topological polar surface area (TPSA) is 29.4 Å². The Hall–Kier alpha value is -2.92. The van der Waals surface area contributed by atoms with Crippen LogP contribution in [0.1, 0.15) is 27.0 Å². The lowest BCUT2D eigenvalue weighted by Gasteiger charge is -2.06. The van der Waals surface area contributed by atoms with E-state index in [0.717, 1.165) is 28.9 Å². The molecule has 0 fully saturated rings. The molecule has 0 atom stereocenters. The van der Waals surface area contributed by atoms with Crippen molar-refractivity contribution in [2.45, 2.75) is 6.42 Å². The Balaban J connectivity index is 1.60. The molecular weight excluding hydrogens is 537 g/mol. The highest BCUT2D eigenvalue weighted by Gasteiger charge is 2.12. The van der Waals surface area contributed by atoms with E-state index in [1.54, 1.807) is 0 Å². The summed E-state index contributed by atoms with van der Waals surface area (Å²) in [6.45, 7) is 0. The van der Waals surface area contributed by atoms with Gasteiger partial charge in [0.2, 0.25) is 5.12 Å². The molecule has 0 spiro atoms. The monoisotopic (exact) mass is 559 g/mol. The second-order valence-corrected chi connectivity index (χ2v) is 9.56. The molecule has 0 radical (unpaired) electrons. The zero-order valence-electron chi connectivity index (χ0n) is 17.9. The summed E-state index contributed by atoms with van der Waals surface area (Å²) in [7, 11) is 0. The molecule has 4 aromatic carbocycles. The number of benzene rings is 4. The number of aliphatic imine (C=N–C) groups is 1. The Bertz CT molecular complexity index is 1250. The predicted octanol–water partition coefficient (Wildman–Crippen LogP) is 7.84. The van der Waals surface area contributed by atoms with Gasteiger partial charge in [0.25, 0.3) is 0 Å². The van der Waals surface area contributed by atoms with Crippen molar-refractivity contribution in [3.63, 3.8) is 0 Å². The quantitative estimate of drug-likeness (QED) is 0.171. The normalized spacial score (nSPS) is 10.3. The number of carbonyl (C=O) groups is 1. The molecule has 0 bridgehead atoms. The first-order valence-electron chi connectivity index (χ1n) is 10.7. The molecular formula is C29H22INOS. The minimum atomic E-state index is 0.0306.